The van der Waals surface area contributed by atoms with E-state index in [1.54, 1.807) is 7.05 Å². The lowest BCUT2D eigenvalue weighted by molar-refractivity contribution is 0.0795. The molecule has 0 spiro atoms. The van der Waals surface area contributed by atoms with Crippen LogP contribution in [0.5, 0.6) is 0 Å². The summed E-state index contributed by atoms with van der Waals surface area (Å²) in [6.45, 7) is 0. The summed E-state index contributed by atoms with van der Waals surface area (Å²) < 4.78 is 4.46. The molecule has 2 heterocycles. The van der Waals surface area contributed by atoms with Crippen LogP contribution in [-0.2, 0) is 0 Å². The number of fused-ring (bicyclic) bond motifs is 6. The van der Waals surface area contributed by atoms with Gasteiger partial charge in [-0.1, -0.05) is 72.8 Å². The molecule has 178 valence electrons. The molecule has 0 saturated heterocycles. The van der Waals surface area contributed by atoms with E-state index in [9.17, 15) is 4.79 Å². The van der Waals surface area contributed by atoms with Crippen LogP contribution < -0.4 is 5.84 Å². The number of hydrogen-bond donors (Lipinski definition) is 1. The third-order valence-electron chi connectivity index (χ3n) is 7.15. The zero-order valence-electron chi connectivity index (χ0n) is 20.3. The van der Waals surface area contributed by atoms with Gasteiger partial charge < -0.3 is 9.13 Å². The fourth-order valence-corrected chi connectivity index (χ4v) is 5.58. The Hall–Kier alpha value is -4.87. The van der Waals surface area contributed by atoms with E-state index in [4.69, 9.17) is 5.84 Å². The average molecular weight is 481 g/mol. The van der Waals surface area contributed by atoms with Crippen molar-refractivity contribution in [3.05, 3.63) is 121 Å². The molecule has 0 radical (unpaired) electrons. The molecular formula is C32H24N4O. The Balaban J connectivity index is 1.61. The van der Waals surface area contributed by atoms with Crippen molar-refractivity contribution in [3.8, 4) is 11.4 Å². The Bertz CT molecular complexity index is 1760. The van der Waals surface area contributed by atoms with Crippen molar-refractivity contribution in [2.45, 2.75) is 0 Å². The third kappa shape index (κ3) is 3.18. The second kappa shape index (κ2) is 8.08. The molecule has 0 bridgehead atoms. The van der Waals surface area contributed by atoms with Gasteiger partial charge in [-0.15, -0.1) is 0 Å². The smallest absolute Gasteiger partial charge is 0.267 e. The Morgan fingerprint density at radius 1 is 0.568 bits per heavy atom. The van der Waals surface area contributed by atoms with Gasteiger partial charge in [-0.2, -0.15) is 0 Å². The molecule has 7 rings (SSSR count). The van der Waals surface area contributed by atoms with Crippen LogP contribution in [0.3, 0.4) is 0 Å². The van der Waals surface area contributed by atoms with Gasteiger partial charge in [-0.3, -0.25) is 9.80 Å². The monoisotopic (exact) mass is 480 g/mol. The summed E-state index contributed by atoms with van der Waals surface area (Å²) in [5, 5.41) is 5.82. The summed E-state index contributed by atoms with van der Waals surface area (Å²) >= 11 is 0. The maximum absolute atomic E-state index is 13.2. The van der Waals surface area contributed by atoms with Crippen LogP contribution in [-0.4, -0.2) is 27.1 Å². The van der Waals surface area contributed by atoms with Crippen LogP contribution in [0.1, 0.15) is 10.4 Å². The van der Waals surface area contributed by atoms with Crippen molar-refractivity contribution in [1.29, 1.82) is 0 Å². The first-order valence-electron chi connectivity index (χ1n) is 12.3. The van der Waals surface area contributed by atoms with Gasteiger partial charge in [0.25, 0.3) is 5.91 Å². The fourth-order valence-electron chi connectivity index (χ4n) is 5.58. The first-order valence-corrected chi connectivity index (χ1v) is 12.3. The van der Waals surface area contributed by atoms with E-state index in [1.807, 2.05) is 36.4 Å². The molecular weight excluding hydrogens is 456 g/mol. The van der Waals surface area contributed by atoms with Crippen molar-refractivity contribution in [2.24, 2.45) is 5.84 Å². The molecule has 0 aliphatic carbocycles. The lowest BCUT2D eigenvalue weighted by atomic mass is 10.1. The standard InChI is InChI=1S/C32H24N4O/c1-34(33)32(37)21-18-22(35-28-14-6-2-10-24(28)25-11-3-7-15-29(25)35)20-23(19-21)36-30-16-8-4-12-26(30)27-13-5-9-17-31(27)36/h2-20H,33H2,1H3. The summed E-state index contributed by atoms with van der Waals surface area (Å²) in [5.41, 5.74) is 6.68. The van der Waals surface area contributed by atoms with E-state index in [2.05, 4.69) is 88.0 Å². The number of amides is 1. The minimum atomic E-state index is -0.246. The van der Waals surface area contributed by atoms with Crippen LogP contribution >= 0.6 is 0 Å². The van der Waals surface area contributed by atoms with Crippen LogP contribution in [0.4, 0.5) is 0 Å². The number of aromatic nitrogens is 2. The lowest BCUT2D eigenvalue weighted by Crippen LogP contribution is -2.33. The summed E-state index contributed by atoms with van der Waals surface area (Å²) in [6.07, 6.45) is 0. The number of benzene rings is 5. The van der Waals surface area contributed by atoms with Gasteiger partial charge in [-0.05, 0) is 42.5 Å². The van der Waals surface area contributed by atoms with Crippen molar-refractivity contribution in [2.75, 3.05) is 7.05 Å². The number of carbonyl (C=O) groups is 1. The van der Waals surface area contributed by atoms with Crippen LogP contribution in [0.25, 0.3) is 55.0 Å². The maximum atomic E-state index is 13.2. The predicted molar refractivity (Wildman–Crippen MR) is 151 cm³/mol. The van der Waals surface area contributed by atoms with Gasteiger partial charge in [-0.25, -0.2) is 5.84 Å². The number of hydrogen-bond acceptors (Lipinski definition) is 2. The molecule has 5 aromatic carbocycles. The lowest BCUT2D eigenvalue weighted by Gasteiger charge is -2.17. The normalized spacial score (nSPS) is 11.6. The topological polar surface area (TPSA) is 56.2 Å². The van der Waals surface area contributed by atoms with Gasteiger partial charge in [0.2, 0.25) is 0 Å². The van der Waals surface area contributed by atoms with Gasteiger partial charge >= 0.3 is 0 Å². The summed E-state index contributed by atoms with van der Waals surface area (Å²) in [5.74, 6) is 5.69. The van der Waals surface area contributed by atoms with Crippen LogP contribution in [0, 0.1) is 0 Å². The van der Waals surface area contributed by atoms with E-state index in [0.29, 0.717) is 5.56 Å². The first-order chi connectivity index (χ1) is 18.1. The molecule has 0 atom stereocenters. The highest BCUT2D eigenvalue weighted by Gasteiger charge is 2.19. The largest absolute Gasteiger partial charge is 0.309 e. The SMILES string of the molecule is CN(N)C(=O)c1cc(-n2c3ccccc3c3ccccc32)cc(-n2c3ccccc3c3ccccc32)c1. The Morgan fingerprint density at radius 3 is 1.22 bits per heavy atom. The molecule has 5 heteroatoms. The number of nitrogens with two attached hydrogens (primary N) is 1. The second-order valence-corrected chi connectivity index (χ2v) is 9.39. The highest BCUT2D eigenvalue weighted by Crippen LogP contribution is 2.36. The van der Waals surface area contributed by atoms with E-state index in [0.717, 1.165) is 38.5 Å². The van der Waals surface area contributed by atoms with Crippen molar-refractivity contribution >= 4 is 49.5 Å². The number of rotatable bonds is 3. The summed E-state index contributed by atoms with van der Waals surface area (Å²) in [4.78, 5) is 13.2. The Labute approximate surface area is 213 Å². The molecule has 5 nitrogen and oxygen atoms in total. The Kier molecular flexibility index (Phi) is 4.68. The highest BCUT2D eigenvalue weighted by atomic mass is 16.2. The molecule has 0 unspecified atom stereocenters. The van der Waals surface area contributed by atoms with Crippen LogP contribution in [0.2, 0.25) is 0 Å². The number of para-hydroxylation sites is 4. The minimum absolute atomic E-state index is 0.246. The number of nitrogens with zero attached hydrogens (tertiary/aromatic N) is 3. The third-order valence-corrected chi connectivity index (χ3v) is 7.15. The quantitative estimate of drug-likeness (QED) is 0.171. The molecule has 0 aliphatic rings. The number of hydrazine groups is 1. The predicted octanol–water partition coefficient (Wildman–Crippen LogP) is 6.83. The fraction of sp³-hybridized carbons (Fsp3) is 0.0312. The summed E-state index contributed by atoms with van der Waals surface area (Å²) in [6, 6.07) is 39.5. The van der Waals surface area contributed by atoms with Gasteiger partial charge in [0.05, 0.1) is 22.1 Å². The molecule has 7 aromatic rings. The molecule has 0 saturated carbocycles. The van der Waals surface area contributed by atoms with Crippen molar-refractivity contribution < 1.29 is 4.79 Å². The van der Waals surface area contributed by atoms with Crippen molar-refractivity contribution in [3.63, 3.8) is 0 Å². The number of carbonyl (C=O) groups excluding carboxylic acids is 1. The van der Waals surface area contributed by atoms with E-state index < -0.39 is 0 Å². The highest BCUT2D eigenvalue weighted by molar-refractivity contribution is 6.11. The van der Waals surface area contributed by atoms with Crippen LogP contribution in [0.15, 0.2) is 115 Å². The van der Waals surface area contributed by atoms with Gasteiger partial charge in [0.1, 0.15) is 0 Å². The second-order valence-electron chi connectivity index (χ2n) is 9.39. The van der Waals surface area contributed by atoms with E-state index in [-0.39, 0.29) is 5.91 Å². The molecule has 37 heavy (non-hydrogen) atoms. The maximum Gasteiger partial charge on any atom is 0.267 e. The first kappa shape index (κ1) is 21.4. The van der Waals surface area contributed by atoms with Gasteiger partial charge in [0, 0.05) is 45.5 Å². The molecule has 2 aromatic heterocycles. The molecule has 0 fully saturated rings. The molecule has 0 aliphatic heterocycles. The van der Waals surface area contributed by atoms with E-state index >= 15 is 0 Å². The molecule has 1 amide bonds. The minimum Gasteiger partial charge on any atom is -0.309 e. The zero-order valence-corrected chi connectivity index (χ0v) is 20.3. The molecule has 2 N–H and O–H groups in total. The summed E-state index contributed by atoms with van der Waals surface area (Å²) in [7, 11) is 1.58. The van der Waals surface area contributed by atoms with E-state index in [1.165, 1.54) is 21.5 Å². The van der Waals surface area contributed by atoms with Gasteiger partial charge in [0.15, 0.2) is 0 Å². The van der Waals surface area contributed by atoms with Crippen molar-refractivity contribution in [1.82, 2.24) is 14.1 Å². The Morgan fingerprint density at radius 2 is 0.892 bits per heavy atom. The average Bonchev–Trinajstić information content (AvgIpc) is 3.45. The zero-order chi connectivity index (χ0) is 25.1.